The summed E-state index contributed by atoms with van der Waals surface area (Å²) < 4.78 is 15.9. The molecule has 20 heavy (non-hydrogen) atoms. The Morgan fingerprint density at radius 1 is 1.35 bits per heavy atom. The van der Waals surface area contributed by atoms with E-state index in [0.717, 1.165) is 29.8 Å². The third-order valence-corrected chi connectivity index (χ3v) is 3.72. The van der Waals surface area contributed by atoms with E-state index in [-0.39, 0.29) is 11.9 Å². The van der Waals surface area contributed by atoms with Crippen molar-refractivity contribution in [2.24, 2.45) is 7.05 Å². The topological polar surface area (TPSA) is 29.9 Å². The fourth-order valence-electron chi connectivity index (χ4n) is 2.26. The number of rotatable bonds is 5. The fraction of sp³-hybridized carbons (Fsp3) is 0.438. The minimum Gasteiger partial charge on any atom is -0.310 e. The van der Waals surface area contributed by atoms with Crippen LogP contribution in [0.25, 0.3) is 11.1 Å². The predicted molar refractivity (Wildman–Crippen MR) is 80.0 cm³/mol. The molecular formula is C16H22FN3. The first-order valence-corrected chi connectivity index (χ1v) is 7.06. The molecule has 1 N–H and O–H groups in total. The molecule has 4 heteroatoms. The van der Waals surface area contributed by atoms with Gasteiger partial charge in [-0.3, -0.25) is 4.68 Å². The van der Waals surface area contributed by atoms with Crippen molar-refractivity contribution in [3.63, 3.8) is 0 Å². The highest BCUT2D eigenvalue weighted by Crippen LogP contribution is 2.28. The first-order valence-electron chi connectivity index (χ1n) is 7.06. The van der Waals surface area contributed by atoms with Crippen molar-refractivity contribution in [2.45, 2.75) is 33.2 Å². The molecule has 0 bridgehead atoms. The van der Waals surface area contributed by atoms with Crippen LogP contribution in [0.2, 0.25) is 0 Å². The van der Waals surface area contributed by atoms with E-state index in [9.17, 15) is 4.39 Å². The maximum Gasteiger partial charge on any atom is 0.131 e. The smallest absolute Gasteiger partial charge is 0.131 e. The van der Waals surface area contributed by atoms with Gasteiger partial charge in [0.05, 0.1) is 6.20 Å². The molecule has 1 atom stereocenters. The maximum atomic E-state index is 14.1. The minimum absolute atomic E-state index is 0.201. The molecule has 0 spiro atoms. The molecule has 3 nitrogen and oxygen atoms in total. The summed E-state index contributed by atoms with van der Waals surface area (Å²) in [6.45, 7) is 7.14. The lowest BCUT2D eigenvalue weighted by Crippen LogP contribution is -2.19. The van der Waals surface area contributed by atoms with Gasteiger partial charge in [0.1, 0.15) is 5.82 Å². The van der Waals surface area contributed by atoms with Crippen molar-refractivity contribution < 1.29 is 4.39 Å². The summed E-state index contributed by atoms with van der Waals surface area (Å²) in [7, 11) is 1.87. The summed E-state index contributed by atoms with van der Waals surface area (Å²) in [5.74, 6) is -0.201. The second kappa shape index (κ2) is 6.18. The molecule has 0 aliphatic heterocycles. The Balaban J connectivity index is 2.36. The average molecular weight is 275 g/mol. The first-order chi connectivity index (χ1) is 9.54. The van der Waals surface area contributed by atoms with Gasteiger partial charge in [0, 0.05) is 29.9 Å². The Labute approximate surface area is 119 Å². The lowest BCUT2D eigenvalue weighted by Gasteiger charge is -2.15. The van der Waals surface area contributed by atoms with Crippen LogP contribution in [-0.4, -0.2) is 16.3 Å². The van der Waals surface area contributed by atoms with E-state index in [1.807, 2.05) is 26.1 Å². The van der Waals surface area contributed by atoms with Crippen LogP contribution in [-0.2, 0) is 7.05 Å². The highest BCUT2D eigenvalue weighted by molar-refractivity contribution is 5.66. The van der Waals surface area contributed by atoms with E-state index in [0.29, 0.717) is 5.56 Å². The molecule has 1 aromatic heterocycles. The minimum atomic E-state index is -0.201. The van der Waals surface area contributed by atoms with Gasteiger partial charge in [-0.25, -0.2) is 4.39 Å². The van der Waals surface area contributed by atoms with Gasteiger partial charge in [-0.2, -0.15) is 5.10 Å². The SMILES string of the molecule is CCCNC(C)c1ccc(F)c(-c2cnn(C)c2C)c1. The molecule has 1 unspecified atom stereocenters. The standard InChI is InChI=1S/C16H22FN3/c1-5-8-18-11(2)13-6-7-16(17)14(9-13)15-10-19-20(4)12(15)3/h6-7,9-11,18H,5,8H2,1-4H3. The zero-order chi connectivity index (χ0) is 14.7. The van der Waals surface area contributed by atoms with Gasteiger partial charge in [-0.1, -0.05) is 13.0 Å². The van der Waals surface area contributed by atoms with Crippen LogP contribution < -0.4 is 5.32 Å². The number of hydrogen-bond acceptors (Lipinski definition) is 2. The molecule has 2 rings (SSSR count). The van der Waals surface area contributed by atoms with E-state index in [1.54, 1.807) is 16.9 Å². The number of nitrogens with one attached hydrogen (secondary N) is 1. The Hall–Kier alpha value is -1.68. The number of nitrogens with zero attached hydrogens (tertiary/aromatic N) is 2. The molecule has 0 aliphatic carbocycles. The average Bonchev–Trinajstić information content (AvgIpc) is 2.77. The second-order valence-corrected chi connectivity index (χ2v) is 5.18. The largest absolute Gasteiger partial charge is 0.310 e. The van der Waals surface area contributed by atoms with Crippen LogP contribution in [0.1, 0.15) is 37.6 Å². The highest BCUT2D eigenvalue weighted by Gasteiger charge is 2.14. The van der Waals surface area contributed by atoms with Crippen LogP contribution >= 0.6 is 0 Å². The molecule has 0 amide bonds. The molecule has 0 saturated carbocycles. The number of halogens is 1. The molecule has 1 heterocycles. The van der Waals surface area contributed by atoms with Gasteiger partial charge in [-0.05, 0) is 44.5 Å². The summed E-state index contributed by atoms with van der Waals surface area (Å²) in [5.41, 5.74) is 3.54. The Morgan fingerprint density at radius 3 is 2.70 bits per heavy atom. The normalized spacial score (nSPS) is 12.7. The summed E-state index contributed by atoms with van der Waals surface area (Å²) >= 11 is 0. The van der Waals surface area contributed by atoms with Gasteiger partial charge in [0.2, 0.25) is 0 Å². The van der Waals surface area contributed by atoms with Gasteiger partial charge >= 0.3 is 0 Å². The molecular weight excluding hydrogens is 253 g/mol. The summed E-state index contributed by atoms with van der Waals surface area (Å²) in [5, 5.41) is 7.62. The molecule has 0 fully saturated rings. The summed E-state index contributed by atoms with van der Waals surface area (Å²) in [6, 6.07) is 5.53. The Kier molecular flexibility index (Phi) is 4.55. The molecule has 0 saturated heterocycles. The van der Waals surface area contributed by atoms with Crippen molar-refractivity contribution in [2.75, 3.05) is 6.54 Å². The van der Waals surface area contributed by atoms with E-state index in [1.165, 1.54) is 0 Å². The van der Waals surface area contributed by atoms with Crippen LogP contribution in [0.3, 0.4) is 0 Å². The van der Waals surface area contributed by atoms with Gasteiger partial charge in [-0.15, -0.1) is 0 Å². The van der Waals surface area contributed by atoms with E-state index >= 15 is 0 Å². The van der Waals surface area contributed by atoms with E-state index in [2.05, 4.69) is 24.3 Å². The third kappa shape index (κ3) is 2.90. The second-order valence-electron chi connectivity index (χ2n) is 5.18. The maximum absolute atomic E-state index is 14.1. The number of hydrogen-bond donors (Lipinski definition) is 1. The molecule has 108 valence electrons. The van der Waals surface area contributed by atoms with Crippen molar-refractivity contribution in [3.05, 3.63) is 41.5 Å². The van der Waals surface area contributed by atoms with Crippen LogP contribution in [0.5, 0.6) is 0 Å². The summed E-state index contributed by atoms with van der Waals surface area (Å²) in [4.78, 5) is 0. The van der Waals surface area contributed by atoms with Crippen LogP contribution in [0, 0.1) is 12.7 Å². The number of aromatic nitrogens is 2. The third-order valence-electron chi connectivity index (χ3n) is 3.72. The predicted octanol–water partition coefficient (Wildman–Crippen LogP) is 3.60. The molecule has 2 aromatic rings. The fourth-order valence-corrected chi connectivity index (χ4v) is 2.26. The number of benzene rings is 1. The lowest BCUT2D eigenvalue weighted by atomic mass is 10.00. The van der Waals surface area contributed by atoms with Crippen molar-refractivity contribution in [1.29, 1.82) is 0 Å². The molecule has 0 aliphatic rings. The van der Waals surface area contributed by atoms with E-state index < -0.39 is 0 Å². The Bertz CT molecular complexity index is 589. The Morgan fingerprint density at radius 2 is 2.10 bits per heavy atom. The van der Waals surface area contributed by atoms with Gasteiger partial charge in [0.25, 0.3) is 0 Å². The molecule has 0 radical (unpaired) electrons. The zero-order valence-electron chi connectivity index (χ0n) is 12.6. The van der Waals surface area contributed by atoms with Gasteiger partial charge in [0.15, 0.2) is 0 Å². The quantitative estimate of drug-likeness (QED) is 0.903. The lowest BCUT2D eigenvalue weighted by molar-refractivity contribution is 0.568. The molecule has 1 aromatic carbocycles. The monoisotopic (exact) mass is 275 g/mol. The van der Waals surface area contributed by atoms with Crippen molar-refractivity contribution in [3.8, 4) is 11.1 Å². The van der Waals surface area contributed by atoms with Crippen molar-refractivity contribution >= 4 is 0 Å². The van der Waals surface area contributed by atoms with E-state index in [4.69, 9.17) is 0 Å². The first kappa shape index (κ1) is 14.7. The zero-order valence-corrected chi connectivity index (χ0v) is 12.6. The number of aryl methyl sites for hydroxylation is 1. The van der Waals surface area contributed by atoms with Gasteiger partial charge < -0.3 is 5.32 Å². The van der Waals surface area contributed by atoms with Crippen LogP contribution in [0.15, 0.2) is 24.4 Å². The highest BCUT2D eigenvalue weighted by atomic mass is 19.1. The summed E-state index contributed by atoms with van der Waals surface area (Å²) in [6.07, 6.45) is 2.81. The van der Waals surface area contributed by atoms with Crippen molar-refractivity contribution in [1.82, 2.24) is 15.1 Å². The van der Waals surface area contributed by atoms with Crippen LogP contribution in [0.4, 0.5) is 4.39 Å².